The maximum Gasteiger partial charge on any atom is 0.287 e. The van der Waals surface area contributed by atoms with E-state index < -0.39 is 10.0 Å². The maximum absolute atomic E-state index is 12.7. The molecule has 0 radical (unpaired) electrons. The van der Waals surface area contributed by atoms with Crippen LogP contribution in [0.15, 0.2) is 35.3 Å². The molecule has 0 atom stereocenters. The molecule has 10 nitrogen and oxygen atoms in total. The minimum atomic E-state index is -3.30. The second kappa shape index (κ2) is 12.6. The molecular formula is C23H35ClN6O4S. The molecule has 35 heavy (non-hydrogen) atoms. The summed E-state index contributed by atoms with van der Waals surface area (Å²) in [6, 6.07) is 6.82. The van der Waals surface area contributed by atoms with Crippen molar-refractivity contribution in [3.8, 4) is 5.75 Å². The molecule has 0 unspecified atom stereocenters. The first-order valence-electron chi connectivity index (χ1n) is 11.9. The number of aromatic nitrogens is 2. The zero-order valence-corrected chi connectivity index (χ0v) is 22.2. The highest BCUT2D eigenvalue weighted by atomic mass is 35.5. The molecule has 1 fully saturated rings. The van der Waals surface area contributed by atoms with Crippen molar-refractivity contribution >= 4 is 33.0 Å². The van der Waals surface area contributed by atoms with Crippen molar-refractivity contribution < 1.29 is 13.2 Å². The Balaban J connectivity index is 1.45. The molecule has 1 aromatic carbocycles. The fourth-order valence-corrected chi connectivity index (χ4v) is 4.78. The predicted molar refractivity (Wildman–Crippen MR) is 140 cm³/mol. The highest BCUT2D eigenvalue weighted by Gasteiger charge is 2.21. The number of nitrogens with zero attached hydrogens (tertiary/aromatic N) is 5. The van der Waals surface area contributed by atoms with Gasteiger partial charge in [0.15, 0.2) is 0 Å². The lowest BCUT2D eigenvalue weighted by atomic mass is 10.3. The van der Waals surface area contributed by atoms with Crippen LogP contribution in [0.3, 0.4) is 0 Å². The third kappa shape index (κ3) is 8.09. The minimum Gasteiger partial charge on any atom is -0.492 e. The van der Waals surface area contributed by atoms with Gasteiger partial charge in [0.25, 0.3) is 5.56 Å². The molecule has 0 spiro atoms. The SMILES string of the molecule is CCN(CC)CCn1ncc(N2CCN(CCOc3ccc(NS(C)(=O)=O)cc3)CC2)c(Cl)c1=O. The van der Waals surface area contributed by atoms with Gasteiger partial charge in [0, 0.05) is 45.0 Å². The van der Waals surface area contributed by atoms with Crippen molar-refractivity contribution in [3.05, 3.63) is 45.8 Å². The number of halogens is 1. The zero-order valence-electron chi connectivity index (χ0n) is 20.6. The number of benzene rings is 1. The Labute approximate surface area is 212 Å². The van der Waals surface area contributed by atoms with Crippen molar-refractivity contribution in [2.75, 3.05) is 74.8 Å². The van der Waals surface area contributed by atoms with Crippen LogP contribution >= 0.6 is 11.6 Å². The summed E-state index contributed by atoms with van der Waals surface area (Å²) in [4.78, 5) is 19.4. The van der Waals surface area contributed by atoms with Crippen LogP contribution in [0.5, 0.6) is 5.75 Å². The first kappa shape index (κ1) is 27.3. The number of likely N-dealkylation sites (N-methyl/N-ethyl adjacent to an activating group) is 1. The third-order valence-electron chi connectivity index (χ3n) is 6.04. The average Bonchev–Trinajstić information content (AvgIpc) is 2.83. The van der Waals surface area contributed by atoms with Crippen LogP contribution in [0.4, 0.5) is 11.4 Å². The quantitative estimate of drug-likeness (QED) is 0.447. The van der Waals surface area contributed by atoms with E-state index >= 15 is 0 Å². The number of rotatable bonds is 12. The van der Waals surface area contributed by atoms with Gasteiger partial charge in [-0.2, -0.15) is 5.10 Å². The molecule has 194 valence electrons. The fourth-order valence-electron chi connectivity index (χ4n) is 3.95. The monoisotopic (exact) mass is 526 g/mol. The molecule has 1 aromatic heterocycles. The summed E-state index contributed by atoms with van der Waals surface area (Å²) < 4.78 is 32.2. The lowest BCUT2D eigenvalue weighted by Gasteiger charge is -2.36. The molecule has 0 aliphatic carbocycles. The van der Waals surface area contributed by atoms with Gasteiger partial charge in [-0.25, -0.2) is 13.1 Å². The van der Waals surface area contributed by atoms with Gasteiger partial charge in [-0.3, -0.25) is 14.4 Å². The molecular weight excluding hydrogens is 492 g/mol. The van der Waals surface area contributed by atoms with E-state index in [0.717, 1.165) is 58.6 Å². The Bertz CT molecular complexity index is 1110. The van der Waals surface area contributed by atoms with Crippen molar-refractivity contribution in [2.45, 2.75) is 20.4 Å². The van der Waals surface area contributed by atoms with Crippen LogP contribution in [0, 0.1) is 0 Å². The number of hydrogen-bond acceptors (Lipinski definition) is 8. The largest absolute Gasteiger partial charge is 0.492 e. The summed E-state index contributed by atoms with van der Waals surface area (Å²) in [5.41, 5.74) is 0.944. The Morgan fingerprint density at radius 3 is 2.34 bits per heavy atom. The fraction of sp³-hybridized carbons (Fsp3) is 0.565. The summed E-state index contributed by atoms with van der Waals surface area (Å²) in [6.07, 6.45) is 2.82. The number of nitrogens with one attached hydrogen (secondary N) is 1. The van der Waals surface area contributed by atoms with E-state index in [-0.39, 0.29) is 10.6 Å². The predicted octanol–water partition coefficient (Wildman–Crippen LogP) is 1.81. The van der Waals surface area contributed by atoms with Gasteiger partial charge >= 0.3 is 0 Å². The number of sulfonamides is 1. The van der Waals surface area contributed by atoms with Gasteiger partial charge in [-0.1, -0.05) is 25.4 Å². The molecule has 0 amide bonds. The summed E-state index contributed by atoms with van der Waals surface area (Å²) in [5.74, 6) is 0.683. The van der Waals surface area contributed by atoms with Gasteiger partial charge in [0.1, 0.15) is 17.4 Å². The number of ether oxygens (including phenoxy) is 1. The minimum absolute atomic E-state index is 0.227. The smallest absolute Gasteiger partial charge is 0.287 e. The number of hydrogen-bond donors (Lipinski definition) is 1. The Kier molecular flexibility index (Phi) is 9.79. The summed E-state index contributed by atoms with van der Waals surface area (Å²) in [7, 11) is -3.30. The van der Waals surface area contributed by atoms with E-state index in [1.165, 1.54) is 4.68 Å². The maximum atomic E-state index is 12.7. The van der Waals surface area contributed by atoms with Crippen LogP contribution < -0.4 is 19.9 Å². The highest BCUT2D eigenvalue weighted by Crippen LogP contribution is 2.22. The molecule has 3 rings (SSSR count). The first-order chi connectivity index (χ1) is 16.7. The normalized spacial score (nSPS) is 14.9. The molecule has 1 N–H and O–H groups in total. The molecule has 1 saturated heterocycles. The second-order valence-electron chi connectivity index (χ2n) is 8.47. The third-order valence-corrected chi connectivity index (χ3v) is 7.00. The van der Waals surface area contributed by atoms with Gasteiger partial charge in [0.2, 0.25) is 10.0 Å². The molecule has 0 bridgehead atoms. The van der Waals surface area contributed by atoms with Gasteiger partial charge in [-0.05, 0) is 37.4 Å². The van der Waals surface area contributed by atoms with Crippen molar-refractivity contribution in [1.82, 2.24) is 19.6 Å². The lowest BCUT2D eigenvalue weighted by molar-refractivity contribution is 0.200. The van der Waals surface area contributed by atoms with Crippen molar-refractivity contribution in [3.63, 3.8) is 0 Å². The van der Waals surface area contributed by atoms with E-state index in [9.17, 15) is 13.2 Å². The molecule has 2 heterocycles. The standard InChI is InChI=1S/C23H35ClN6O4S/c1-4-27(5-2)12-15-30-23(31)22(24)21(18-25-30)29-13-10-28(11-14-29)16-17-34-20-8-6-19(7-9-20)26-35(3,32)33/h6-9,18,26H,4-5,10-17H2,1-3H3. The molecule has 12 heteroatoms. The van der Waals surface area contributed by atoms with Crippen LogP contribution in [-0.2, 0) is 16.6 Å². The van der Waals surface area contributed by atoms with Gasteiger partial charge in [0.05, 0.1) is 24.7 Å². The number of piperazine rings is 1. The van der Waals surface area contributed by atoms with Crippen molar-refractivity contribution in [1.29, 1.82) is 0 Å². The Morgan fingerprint density at radius 2 is 1.74 bits per heavy atom. The Morgan fingerprint density at radius 1 is 1.09 bits per heavy atom. The van der Waals surface area contributed by atoms with E-state index in [1.54, 1.807) is 30.5 Å². The molecule has 0 saturated carbocycles. The average molecular weight is 527 g/mol. The lowest BCUT2D eigenvalue weighted by Crippen LogP contribution is -2.48. The van der Waals surface area contributed by atoms with Crippen LogP contribution in [0.1, 0.15) is 13.8 Å². The van der Waals surface area contributed by atoms with Crippen molar-refractivity contribution in [2.24, 2.45) is 0 Å². The number of anilines is 2. The molecule has 2 aromatic rings. The highest BCUT2D eigenvalue weighted by molar-refractivity contribution is 7.92. The van der Waals surface area contributed by atoms with Crippen LogP contribution in [0.2, 0.25) is 5.02 Å². The van der Waals surface area contributed by atoms with E-state index in [0.29, 0.717) is 30.3 Å². The topological polar surface area (TPSA) is 100 Å². The van der Waals surface area contributed by atoms with Gasteiger partial charge in [-0.15, -0.1) is 0 Å². The summed E-state index contributed by atoms with van der Waals surface area (Å²) >= 11 is 6.45. The molecule has 1 aliphatic rings. The van der Waals surface area contributed by atoms with E-state index in [2.05, 4.69) is 38.4 Å². The van der Waals surface area contributed by atoms with E-state index in [4.69, 9.17) is 16.3 Å². The van der Waals surface area contributed by atoms with Crippen LogP contribution in [-0.4, -0.2) is 93.2 Å². The second-order valence-corrected chi connectivity index (χ2v) is 10.6. The van der Waals surface area contributed by atoms with E-state index in [1.807, 2.05) is 0 Å². The zero-order chi connectivity index (χ0) is 25.4. The van der Waals surface area contributed by atoms with Crippen LogP contribution in [0.25, 0.3) is 0 Å². The van der Waals surface area contributed by atoms with Gasteiger partial charge < -0.3 is 14.5 Å². The summed E-state index contributed by atoms with van der Waals surface area (Å²) in [6.45, 7) is 11.8. The molecule has 1 aliphatic heterocycles. The Hall–Kier alpha value is -2.34. The summed E-state index contributed by atoms with van der Waals surface area (Å²) in [5, 5.41) is 4.59. The first-order valence-corrected chi connectivity index (χ1v) is 14.1.